The van der Waals surface area contributed by atoms with Crippen molar-refractivity contribution >= 4 is 17.3 Å². The van der Waals surface area contributed by atoms with Gasteiger partial charge in [-0.2, -0.15) is 5.26 Å². The molecule has 0 aliphatic heterocycles. The van der Waals surface area contributed by atoms with Crippen molar-refractivity contribution in [2.24, 2.45) is 5.73 Å². The predicted octanol–water partition coefficient (Wildman–Crippen LogP) is 0.891. The Labute approximate surface area is 82.2 Å². The third-order valence-electron chi connectivity index (χ3n) is 1.55. The standard InChI is InChI=1S/C9H9N3S/c10-5-7-1-3-8(4-2-7)6-12-9(11)13/h1-4H,6H2,(H3,11,12,13). The van der Waals surface area contributed by atoms with E-state index in [2.05, 4.69) is 17.5 Å². The van der Waals surface area contributed by atoms with Crippen LogP contribution in [0.4, 0.5) is 0 Å². The third kappa shape index (κ3) is 3.09. The summed E-state index contributed by atoms with van der Waals surface area (Å²) in [6.07, 6.45) is 0. The summed E-state index contributed by atoms with van der Waals surface area (Å²) in [5.74, 6) is 0. The molecule has 0 aliphatic carbocycles. The third-order valence-corrected chi connectivity index (χ3v) is 1.69. The zero-order chi connectivity index (χ0) is 9.68. The van der Waals surface area contributed by atoms with Crippen molar-refractivity contribution in [3.05, 3.63) is 35.4 Å². The minimum absolute atomic E-state index is 0.282. The maximum absolute atomic E-state index is 8.54. The molecule has 1 rings (SSSR count). The summed E-state index contributed by atoms with van der Waals surface area (Å²) < 4.78 is 0. The lowest BCUT2D eigenvalue weighted by molar-refractivity contribution is 0.920. The van der Waals surface area contributed by atoms with Crippen molar-refractivity contribution < 1.29 is 0 Å². The summed E-state index contributed by atoms with van der Waals surface area (Å²) in [6.45, 7) is 0.598. The van der Waals surface area contributed by atoms with Gasteiger partial charge in [-0.3, -0.25) is 0 Å². The van der Waals surface area contributed by atoms with Crippen molar-refractivity contribution in [2.75, 3.05) is 0 Å². The topological polar surface area (TPSA) is 61.8 Å². The number of nitrogens with zero attached hydrogens (tertiary/aromatic N) is 1. The Morgan fingerprint density at radius 3 is 2.54 bits per heavy atom. The zero-order valence-corrected chi connectivity index (χ0v) is 7.77. The highest BCUT2D eigenvalue weighted by Crippen LogP contribution is 2.02. The number of nitrogens with two attached hydrogens (primary N) is 1. The molecule has 0 saturated carbocycles. The molecule has 4 heteroatoms. The average Bonchev–Trinajstić information content (AvgIpc) is 2.15. The number of thiocarbonyl (C=S) groups is 1. The fourth-order valence-corrected chi connectivity index (χ4v) is 0.958. The Hall–Kier alpha value is -1.60. The summed E-state index contributed by atoms with van der Waals surface area (Å²) in [5.41, 5.74) is 6.96. The van der Waals surface area contributed by atoms with E-state index >= 15 is 0 Å². The van der Waals surface area contributed by atoms with Gasteiger partial charge in [0.1, 0.15) is 0 Å². The first-order valence-electron chi connectivity index (χ1n) is 3.74. The SMILES string of the molecule is N#Cc1ccc(CNC(N)=S)cc1. The first-order valence-corrected chi connectivity index (χ1v) is 4.15. The van der Waals surface area contributed by atoms with Crippen LogP contribution in [0.3, 0.4) is 0 Å². The Balaban J connectivity index is 2.60. The highest BCUT2D eigenvalue weighted by atomic mass is 32.1. The van der Waals surface area contributed by atoms with Crippen molar-refractivity contribution in [1.82, 2.24) is 5.32 Å². The molecule has 0 saturated heterocycles. The molecule has 0 fully saturated rings. The smallest absolute Gasteiger partial charge is 0.163 e. The molecule has 0 aliphatic rings. The lowest BCUT2D eigenvalue weighted by Gasteiger charge is -2.02. The molecule has 66 valence electrons. The van der Waals surface area contributed by atoms with E-state index in [1.54, 1.807) is 12.1 Å². The largest absolute Gasteiger partial charge is 0.376 e. The van der Waals surface area contributed by atoms with Crippen LogP contribution < -0.4 is 11.1 Å². The number of benzene rings is 1. The van der Waals surface area contributed by atoms with Crippen molar-refractivity contribution in [3.63, 3.8) is 0 Å². The molecule has 13 heavy (non-hydrogen) atoms. The van der Waals surface area contributed by atoms with Crippen LogP contribution in [0.5, 0.6) is 0 Å². The maximum Gasteiger partial charge on any atom is 0.163 e. The zero-order valence-electron chi connectivity index (χ0n) is 6.95. The van der Waals surface area contributed by atoms with E-state index in [1.807, 2.05) is 18.2 Å². The molecule has 0 amide bonds. The van der Waals surface area contributed by atoms with E-state index in [0.29, 0.717) is 12.1 Å². The van der Waals surface area contributed by atoms with Gasteiger partial charge in [-0.15, -0.1) is 0 Å². The molecule has 0 bridgehead atoms. The van der Waals surface area contributed by atoms with Gasteiger partial charge in [0, 0.05) is 6.54 Å². The van der Waals surface area contributed by atoms with E-state index in [0.717, 1.165) is 5.56 Å². The Morgan fingerprint density at radius 1 is 1.46 bits per heavy atom. The molecule has 0 radical (unpaired) electrons. The van der Waals surface area contributed by atoms with Gasteiger partial charge in [-0.05, 0) is 29.9 Å². The number of nitriles is 1. The van der Waals surface area contributed by atoms with Gasteiger partial charge >= 0.3 is 0 Å². The maximum atomic E-state index is 8.54. The summed E-state index contributed by atoms with van der Waals surface area (Å²) in [6, 6.07) is 9.30. The fraction of sp³-hybridized carbons (Fsp3) is 0.111. The fourth-order valence-electron chi connectivity index (χ4n) is 0.886. The first kappa shape index (κ1) is 9.49. The van der Waals surface area contributed by atoms with Crippen molar-refractivity contribution in [3.8, 4) is 6.07 Å². The van der Waals surface area contributed by atoms with Gasteiger partial charge in [0.2, 0.25) is 0 Å². The Morgan fingerprint density at radius 2 is 2.08 bits per heavy atom. The first-order chi connectivity index (χ1) is 6.22. The van der Waals surface area contributed by atoms with Crippen LogP contribution in [-0.4, -0.2) is 5.11 Å². The molecular formula is C9H9N3S. The highest BCUT2D eigenvalue weighted by Gasteiger charge is 1.93. The normalized spacial score (nSPS) is 8.85. The average molecular weight is 191 g/mol. The summed E-state index contributed by atoms with van der Waals surface area (Å²) in [7, 11) is 0. The van der Waals surface area contributed by atoms with E-state index < -0.39 is 0 Å². The predicted molar refractivity (Wildman–Crippen MR) is 54.8 cm³/mol. The number of rotatable bonds is 2. The van der Waals surface area contributed by atoms with Crippen LogP contribution in [0.2, 0.25) is 0 Å². The van der Waals surface area contributed by atoms with Crippen molar-refractivity contribution in [1.29, 1.82) is 5.26 Å². The minimum Gasteiger partial charge on any atom is -0.376 e. The molecule has 0 heterocycles. The Bertz CT molecular complexity index is 337. The second kappa shape index (κ2) is 4.43. The van der Waals surface area contributed by atoms with Crippen LogP contribution in [0, 0.1) is 11.3 Å². The van der Waals surface area contributed by atoms with Gasteiger partial charge in [0.15, 0.2) is 5.11 Å². The molecular weight excluding hydrogens is 182 g/mol. The second-order valence-electron chi connectivity index (χ2n) is 2.53. The Kier molecular flexibility index (Phi) is 3.23. The number of hydrogen-bond donors (Lipinski definition) is 2. The van der Waals surface area contributed by atoms with Crippen LogP contribution >= 0.6 is 12.2 Å². The minimum atomic E-state index is 0.282. The van der Waals surface area contributed by atoms with Gasteiger partial charge in [0.25, 0.3) is 0 Å². The van der Waals surface area contributed by atoms with Gasteiger partial charge in [0.05, 0.1) is 11.6 Å². The lowest BCUT2D eigenvalue weighted by atomic mass is 10.1. The van der Waals surface area contributed by atoms with E-state index in [1.165, 1.54) is 0 Å². The second-order valence-corrected chi connectivity index (χ2v) is 2.97. The van der Waals surface area contributed by atoms with Crippen molar-refractivity contribution in [2.45, 2.75) is 6.54 Å². The molecule has 1 aromatic rings. The van der Waals surface area contributed by atoms with Crippen LogP contribution in [0.25, 0.3) is 0 Å². The van der Waals surface area contributed by atoms with Crippen LogP contribution in [0.15, 0.2) is 24.3 Å². The summed E-state index contributed by atoms with van der Waals surface area (Å²) >= 11 is 4.66. The summed E-state index contributed by atoms with van der Waals surface area (Å²) in [4.78, 5) is 0. The highest BCUT2D eigenvalue weighted by molar-refractivity contribution is 7.80. The lowest BCUT2D eigenvalue weighted by Crippen LogP contribution is -2.28. The quantitative estimate of drug-likeness (QED) is 0.681. The van der Waals surface area contributed by atoms with Gasteiger partial charge in [-0.1, -0.05) is 12.1 Å². The molecule has 3 N–H and O–H groups in total. The van der Waals surface area contributed by atoms with Crippen LogP contribution in [-0.2, 0) is 6.54 Å². The van der Waals surface area contributed by atoms with E-state index in [9.17, 15) is 0 Å². The number of nitrogens with one attached hydrogen (secondary N) is 1. The van der Waals surface area contributed by atoms with Crippen LogP contribution in [0.1, 0.15) is 11.1 Å². The molecule has 0 aromatic heterocycles. The van der Waals surface area contributed by atoms with E-state index in [4.69, 9.17) is 11.0 Å². The molecule has 1 aromatic carbocycles. The van der Waals surface area contributed by atoms with Gasteiger partial charge in [-0.25, -0.2) is 0 Å². The van der Waals surface area contributed by atoms with E-state index in [-0.39, 0.29) is 5.11 Å². The molecule has 0 unspecified atom stereocenters. The number of hydrogen-bond acceptors (Lipinski definition) is 2. The molecule has 3 nitrogen and oxygen atoms in total. The molecule has 0 atom stereocenters. The summed E-state index contributed by atoms with van der Waals surface area (Å²) in [5, 5.41) is 11.6. The van der Waals surface area contributed by atoms with Gasteiger partial charge < -0.3 is 11.1 Å². The monoisotopic (exact) mass is 191 g/mol. The molecule has 0 spiro atoms.